The van der Waals surface area contributed by atoms with E-state index in [2.05, 4.69) is 5.10 Å². The molecule has 0 aliphatic carbocycles. The molecule has 2 saturated heterocycles. The number of carboxylic acid groups (broad SMARTS) is 1. The van der Waals surface area contributed by atoms with E-state index in [1.54, 1.807) is 24.3 Å². The Morgan fingerprint density at radius 2 is 1.77 bits per heavy atom. The zero-order valence-electron chi connectivity index (χ0n) is 17.7. The topological polar surface area (TPSA) is 79.2 Å². The number of aromatic carboxylic acids is 1. The molecule has 2 aromatic carbocycles. The highest BCUT2D eigenvalue weighted by Crippen LogP contribution is 2.44. The molecule has 31 heavy (non-hydrogen) atoms. The summed E-state index contributed by atoms with van der Waals surface area (Å²) in [5.74, 6) is -0.463. The molecule has 4 unspecified atom stereocenters. The molecule has 4 atom stereocenters. The van der Waals surface area contributed by atoms with Gasteiger partial charge in [-0.1, -0.05) is 30.3 Å². The maximum absolute atomic E-state index is 12.7. The third-order valence-corrected chi connectivity index (χ3v) is 6.39. The molecule has 0 radical (unpaired) electrons. The Balaban J connectivity index is 1.42. The van der Waals surface area contributed by atoms with Gasteiger partial charge in [-0.25, -0.2) is 9.80 Å². The van der Waals surface area contributed by atoms with E-state index in [0.29, 0.717) is 23.6 Å². The van der Waals surface area contributed by atoms with Crippen molar-refractivity contribution >= 4 is 18.1 Å². The van der Waals surface area contributed by atoms with Crippen LogP contribution in [0.15, 0.2) is 59.7 Å². The lowest BCUT2D eigenvalue weighted by Gasteiger charge is -2.26. The molecule has 4 rings (SSSR count). The van der Waals surface area contributed by atoms with Gasteiger partial charge in [-0.15, -0.1) is 0 Å². The van der Waals surface area contributed by atoms with Gasteiger partial charge < -0.3 is 9.84 Å². The third kappa shape index (κ3) is 4.69. The summed E-state index contributed by atoms with van der Waals surface area (Å²) in [4.78, 5) is 23.8. The minimum Gasteiger partial charge on any atom is -0.478 e. The summed E-state index contributed by atoms with van der Waals surface area (Å²) < 4.78 is 6.18. The van der Waals surface area contributed by atoms with Crippen LogP contribution in [0.2, 0.25) is 0 Å². The lowest BCUT2D eigenvalue weighted by Crippen LogP contribution is -2.31. The number of fused-ring (bicyclic) bond motifs is 2. The summed E-state index contributed by atoms with van der Waals surface area (Å²) in [6, 6.07) is 16.3. The van der Waals surface area contributed by atoms with E-state index in [0.717, 1.165) is 31.2 Å². The van der Waals surface area contributed by atoms with Crippen LogP contribution >= 0.6 is 0 Å². The summed E-state index contributed by atoms with van der Waals surface area (Å²) in [6.45, 7) is 2.43. The molecule has 6 heteroatoms. The highest BCUT2D eigenvalue weighted by Gasteiger charge is 2.47. The molecule has 2 aliphatic rings. The number of amides is 1. The summed E-state index contributed by atoms with van der Waals surface area (Å²) in [5, 5.41) is 15.1. The fourth-order valence-corrected chi connectivity index (χ4v) is 4.71. The Bertz CT molecular complexity index is 942. The lowest BCUT2D eigenvalue weighted by molar-refractivity contribution is 0.0696. The molecule has 2 bridgehead atoms. The molecule has 0 aromatic heterocycles. The predicted molar refractivity (Wildman–Crippen MR) is 118 cm³/mol. The van der Waals surface area contributed by atoms with Gasteiger partial charge in [-0.3, -0.25) is 4.79 Å². The lowest BCUT2D eigenvalue weighted by atomic mass is 9.77. The van der Waals surface area contributed by atoms with E-state index >= 15 is 0 Å². The Morgan fingerprint density at radius 1 is 1.06 bits per heavy atom. The summed E-state index contributed by atoms with van der Waals surface area (Å²) in [6.07, 6.45) is 6.23. The minimum absolute atomic E-state index is 0.0986. The van der Waals surface area contributed by atoms with Crippen LogP contribution in [0.1, 0.15) is 52.5 Å². The third-order valence-electron chi connectivity index (χ3n) is 6.39. The number of hydrazone groups is 1. The second-order valence-corrected chi connectivity index (χ2v) is 8.22. The van der Waals surface area contributed by atoms with E-state index < -0.39 is 5.97 Å². The number of carbonyl (C=O) groups excluding carboxylic acids is 1. The van der Waals surface area contributed by atoms with Crippen LogP contribution in [0, 0.1) is 11.8 Å². The van der Waals surface area contributed by atoms with E-state index in [4.69, 9.17) is 9.84 Å². The Hall–Kier alpha value is -2.99. The van der Waals surface area contributed by atoms with Crippen molar-refractivity contribution in [1.82, 2.24) is 5.01 Å². The molecule has 162 valence electrons. The fourth-order valence-electron chi connectivity index (χ4n) is 4.71. The highest BCUT2D eigenvalue weighted by atomic mass is 16.5. The number of rotatable bonds is 8. The first-order valence-electron chi connectivity index (χ1n) is 11.0. The average molecular weight is 421 g/mol. The second-order valence-electron chi connectivity index (χ2n) is 8.22. The van der Waals surface area contributed by atoms with Gasteiger partial charge in [-0.2, -0.15) is 5.10 Å². The number of hydrogen-bond donors (Lipinski definition) is 1. The van der Waals surface area contributed by atoms with Crippen molar-refractivity contribution in [3.05, 3.63) is 71.3 Å². The Morgan fingerprint density at radius 3 is 2.45 bits per heavy atom. The van der Waals surface area contributed by atoms with Gasteiger partial charge in [0.05, 0.1) is 17.8 Å². The van der Waals surface area contributed by atoms with Crippen molar-refractivity contribution in [2.24, 2.45) is 16.9 Å². The van der Waals surface area contributed by atoms with E-state index in [-0.39, 0.29) is 24.0 Å². The standard InChI is InChI=1S/C25H28N2O4/c1-2-27(24(28)18-6-4-3-5-7-18)26-16-21-20(22-14-15-23(21)31-22)13-10-17-8-11-19(12-9-17)25(29)30/h3-9,11-12,16,20-23H,2,10,13-15H2,1H3,(H,29,30)/b26-16+. The number of nitrogens with zero attached hydrogens (tertiary/aromatic N) is 2. The van der Waals surface area contributed by atoms with Crippen molar-refractivity contribution in [2.75, 3.05) is 6.54 Å². The van der Waals surface area contributed by atoms with Gasteiger partial charge in [0.15, 0.2) is 0 Å². The second kappa shape index (κ2) is 9.43. The molecule has 2 heterocycles. The number of benzene rings is 2. The van der Waals surface area contributed by atoms with Crippen LogP contribution in [0.25, 0.3) is 0 Å². The minimum atomic E-state index is -0.908. The highest BCUT2D eigenvalue weighted by molar-refractivity contribution is 5.94. The van der Waals surface area contributed by atoms with Gasteiger partial charge in [0.1, 0.15) is 0 Å². The molecule has 1 amide bonds. The summed E-state index contributed by atoms with van der Waals surface area (Å²) in [7, 11) is 0. The first-order valence-corrected chi connectivity index (χ1v) is 11.0. The SMILES string of the molecule is CCN(/N=C/C1C2CCC(O2)C1CCc1ccc(C(=O)O)cc1)C(=O)c1ccccc1. The molecule has 2 aromatic rings. The maximum atomic E-state index is 12.7. The monoisotopic (exact) mass is 420 g/mol. The molecular formula is C25H28N2O4. The van der Waals surface area contributed by atoms with Crippen LogP contribution in [0.4, 0.5) is 0 Å². The molecule has 2 aliphatic heterocycles. The number of carbonyl (C=O) groups is 2. The quantitative estimate of drug-likeness (QED) is 0.511. The largest absolute Gasteiger partial charge is 0.478 e. The van der Waals surface area contributed by atoms with E-state index in [1.807, 2.05) is 43.5 Å². The van der Waals surface area contributed by atoms with Gasteiger partial charge in [0.2, 0.25) is 0 Å². The van der Waals surface area contributed by atoms with E-state index in [9.17, 15) is 9.59 Å². The predicted octanol–water partition coefficient (Wildman–Crippen LogP) is 4.26. The van der Waals surface area contributed by atoms with Gasteiger partial charge in [0, 0.05) is 24.2 Å². The van der Waals surface area contributed by atoms with Crippen molar-refractivity contribution in [3.63, 3.8) is 0 Å². The molecule has 2 fully saturated rings. The first kappa shape index (κ1) is 21.2. The fraction of sp³-hybridized carbons (Fsp3) is 0.400. The normalized spacial score (nSPS) is 24.5. The van der Waals surface area contributed by atoms with Gasteiger partial charge in [0.25, 0.3) is 5.91 Å². The molecule has 6 nitrogen and oxygen atoms in total. The number of aryl methyl sites for hydroxylation is 1. The molecule has 1 N–H and O–H groups in total. The number of carboxylic acids is 1. The van der Waals surface area contributed by atoms with Crippen molar-refractivity contribution in [2.45, 2.75) is 44.8 Å². The average Bonchev–Trinajstić information content (AvgIpc) is 3.40. The Kier molecular flexibility index (Phi) is 6.47. The molecule has 0 spiro atoms. The maximum Gasteiger partial charge on any atom is 0.335 e. The van der Waals surface area contributed by atoms with Crippen LogP contribution in [-0.2, 0) is 11.2 Å². The zero-order chi connectivity index (χ0) is 21.8. The summed E-state index contributed by atoms with van der Waals surface area (Å²) in [5.41, 5.74) is 2.06. The van der Waals surface area contributed by atoms with Crippen LogP contribution in [0.5, 0.6) is 0 Å². The van der Waals surface area contributed by atoms with Crippen LogP contribution in [-0.4, -0.2) is 47.0 Å². The number of ether oxygens (including phenoxy) is 1. The van der Waals surface area contributed by atoms with Crippen molar-refractivity contribution in [3.8, 4) is 0 Å². The summed E-state index contributed by atoms with van der Waals surface area (Å²) >= 11 is 0. The number of hydrogen-bond acceptors (Lipinski definition) is 4. The van der Waals surface area contributed by atoms with E-state index in [1.165, 1.54) is 5.01 Å². The Labute approximate surface area is 182 Å². The zero-order valence-corrected chi connectivity index (χ0v) is 17.7. The van der Waals surface area contributed by atoms with Crippen LogP contribution < -0.4 is 0 Å². The van der Waals surface area contributed by atoms with Crippen molar-refractivity contribution < 1.29 is 19.4 Å². The van der Waals surface area contributed by atoms with Gasteiger partial charge in [-0.05, 0) is 68.4 Å². The van der Waals surface area contributed by atoms with Crippen LogP contribution in [0.3, 0.4) is 0 Å². The van der Waals surface area contributed by atoms with Crippen molar-refractivity contribution in [1.29, 1.82) is 0 Å². The van der Waals surface area contributed by atoms with Gasteiger partial charge >= 0.3 is 5.97 Å². The molecule has 0 saturated carbocycles. The smallest absolute Gasteiger partial charge is 0.335 e. The molecular weight excluding hydrogens is 392 g/mol. The first-order chi connectivity index (χ1) is 15.1.